The molecule has 0 N–H and O–H groups in total. The molecule has 7 atom stereocenters. The highest BCUT2D eigenvalue weighted by Crippen LogP contribution is 2.94. The molecule has 1 spiro atoms. The van der Waals surface area contributed by atoms with Gasteiger partial charge in [0.2, 0.25) is 0 Å². The van der Waals surface area contributed by atoms with Gasteiger partial charge in [0.25, 0.3) is 0 Å². The molecule has 26 heavy (non-hydrogen) atoms. The molecule has 0 heterocycles. The largest absolute Gasteiger partial charge is 0.197 e. The molecule has 7 unspecified atom stereocenters. The summed E-state index contributed by atoms with van der Waals surface area (Å²) in [4.78, 5) is 0. The number of fused-ring (bicyclic) bond motifs is 4. The van der Waals surface area contributed by atoms with Crippen LogP contribution in [0.1, 0.15) is 55.6 Å². The van der Waals surface area contributed by atoms with Crippen molar-refractivity contribution in [2.75, 3.05) is 0 Å². The Labute approximate surface area is 154 Å². The topological polar surface area (TPSA) is 71.4 Å². The Morgan fingerprint density at radius 1 is 0.923 bits per heavy atom. The van der Waals surface area contributed by atoms with Crippen LogP contribution in [0.4, 0.5) is 0 Å². The minimum atomic E-state index is -0.881. The van der Waals surface area contributed by atoms with Crippen molar-refractivity contribution in [3.8, 4) is 18.2 Å². The Morgan fingerprint density at radius 3 is 2.46 bits per heavy atom. The molecule has 0 bridgehead atoms. The van der Waals surface area contributed by atoms with E-state index in [1.165, 1.54) is 30.4 Å². The summed E-state index contributed by atoms with van der Waals surface area (Å²) in [6.07, 6.45) is 6.40. The number of hydrogen-bond acceptors (Lipinski definition) is 3. The summed E-state index contributed by atoms with van der Waals surface area (Å²) in [5, 5.41) is 30.5. The summed E-state index contributed by atoms with van der Waals surface area (Å²) in [7, 11) is 0. The van der Waals surface area contributed by atoms with Crippen LogP contribution in [-0.4, -0.2) is 0 Å². The molecule has 0 saturated heterocycles. The molecule has 1 aromatic rings. The van der Waals surface area contributed by atoms with Crippen molar-refractivity contribution in [2.24, 2.45) is 34.5 Å². The Hall–Kier alpha value is -2.31. The van der Waals surface area contributed by atoms with Crippen molar-refractivity contribution in [1.82, 2.24) is 0 Å². The predicted octanol–water partition coefficient (Wildman–Crippen LogP) is 4.42. The Balaban J connectivity index is 1.63. The van der Waals surface area contributed by atoms with Crippen LogP contribution in [0.15, 0.2) is 24.3 Å². The van der Waals surface area contributed by atoms with Crippen LogP contribution in [-0.2, 0) is 5.41 Å². The van der Waals surface area contributed by atoms with E-state index >= 15 is 0 Å². The van der Waals surface area contributed by atoms with Gasteiger partial charge in [-0.15, -0.1) is 0 Å². The van der Waals surface area contributed by atoms with Crippen molar-refractivity contribution < 1.29 is 0 Å². The monoisotopic (exact) mass is 339 g/mol. The van der Waals surface area contributed by atoms with Crippen LogP contribution in [0.2, 0.25) is 0 Å². The lowest BCUT2D eigenvalue weighted by Crippen LogP contribution is -2.33. The van der Waals surface area contributed by atoms with Gasteiger partial charge in [-0.1, -0.05) is 43.5 Å². The lowest BCUT2D eigenvalue weighted by molar-refractivity contribution is 0.148. The zero-order valence-electron chi connectivity index (χ0n) is 14.8. The smallest absolute Gasteiger partial charge is 0.147 e. The zero-order valence-corrected chi connectivity index (χ0v) is 14.8. The maximum atomic E-state index is 10.4. The van der Waals surface area contributed by atoms with E-state index in [0.29, 0.717) is 30.1 Å². The summed E-state index contributed by atoms with van der Waals surface area (Å²) >= 11 is 0. The van der Waals surface area contributed by atoms with E-state index in [9.17, 15) is 15.8 Å². The lowest BCUT2D eigenvalue weighted by Gasteiger charge is -2.36. The molecular formula is C23H21N3. The van der Waals surface area contributed by atoms with Crippen LogP contribution in [0.25, 0.3) is 0 Å². The molecule has 0 radical (unpaired) electrons. The number of nitriles is 3. The maximum Gasteiger partial charge on any atom is 0.147 e. The molecule has 128 valence electrons. The van der Waals surface area contributed by atoms with Gasteiger partial charge in [0, 0.05) is 5.41 Å². The third kappa shape index (κ3) is 1.18. The first-order chi connectivity index (χ1) is 12.7. The van der Waals surface area contributed by atoms with Gasteiger partial charge in [0.1, 0.15) is 5.41 Å². The van der Waals surface area contributed by atoms with E-state index in [1.807, 2.05) is 0 Å². The maximum absolute atomic E-state index is 10.4. The lowest BCUT2D eigenvalue weighted by atomic mass is 9.66. The van der Waals surface area contributed by atoms with E-state index < -0.39 is 10.8 Å². The summed E-state index contributed by atoms with van der Waals surface area (Å²) in [5.41, 5.74) is 1.22. The SMILES string of the molecule is N#CC1(C#N)CC23C4C(CCCCCC41)C1c4ccccc4C2(C#N)C13. The van der Waals surface area contributed by atoms with Crippen molar-refractivity contribution >= 4 is 0 Å². The Kier molecular flexibility index (Phi) is 2.46. The van der Waals surface area contributed by atoms with E-state index in [4.69, 9.17) is 0 Å². The van der Waals surface area contributed by atoms with Crippen LogP contribution in [0.5, 0.6) is 0 Å². The van der Waals surface area contributed by atoms with Gasteiger partial charge in [0.15, 0.2) is 0 Å². The van der Waals surface area contributed by atoms with Gasteiger partial charge in [0.05, 0.1) is 23.6 Å². The fourth-order valence-electron chi connectivity index (χ4n) is 8.61. The number of benzene rings is 1. The average Bonchev–Trinajstić information content (AvgIpc) is 2.88. The molecule has 3 heteroatoms. The fourth-order valence-corrected chi connectivity index (χ4v) is 8.61. The molecule has 6 rings (SSSR count). The first kappa shape index (κ1) is 14.8. The quantitative estimate of drug-likeness (QED) is 0.702. The molecule has 3 nitrogen and oxygen atoms in total. The number of rotatable bonds is 0. The normalized spacial score (nSPS) is 48.0. The van der Waals surface area contributed by atoms with E-state index in [1.54, 1.807) is 0 Å². The molecule has 0 aromatic heterocycles. The van der Waals surface area contributed by atoms with Gasteiger partial charge in [-0.05, 0) is 60.0 Å². The summed E-state index contributed by atoms with van der Waals surface area (Å²) in [6, 6.07) is 16.3. The van der Waals surface area contributed by atoms with Crippen molar-refractivity contribution in [3.63, 3.8) is 0 Å². The fraction of sp³-hybridized carbons (Fsp3) is 0.609. The van der Waals surface area contributed by atoms with Gasteiger partial charge < -0.3 is 0 Å². The van der Waals surface area contributed by atoms with E-state index in [0.717, 1.165) is 12.8 Å². The van der Waals surface area contributed by atoms with Crippen molar-refractivity contribution in [2.45, 2.75) is 49.9 Å². The second-order valence-electron chi connectivity index (χ2n) is 9.36. The van der Waals surface area contributed by atoms with E-state index in [2.05, 4.69) is 42.5 Å². The minimum absolute atomic E-state index is 0.112. The van der Waals surface area contributed by atoms with Gasteiger partial charge in [-0.25, -0.2) is 0 Å². The molecular weight excluding hydrogens is 318 g/mol. The predicted molar refractivity (Wildman–Crippen MR) is 94.2 cm³/mol. The third-order valence-electron chi connectivity index (χ3n) is 9.06. The Morgan fingerprint density at radius 2 is 1.69 bits per heavy atom. The highest BCUT2D eigenvalue weighted by atomic mass is 14.9. The molecule has 0 aliphatic heterocycles. The van der Waals surface area contributed by atoms with Crippen LogP contribution in [0.3, 0.4) is 0 Å². The summed E-state index contributed by atoms with van der Waals surface area (Å²) in [5.74, 6) is 1.91. The van der Waals surface area contributed by atoms with Gasteiger partial charge >= 0.3 is 0 Å². The van der Waals surface area contributed by atoms with Crippen LogP contribution in [0, 0.1) is 68.5 Å². The average molecular weight is 339 g/mol. The van der Waals surface area contributed by atoms with Crippen molar-refractivity contribution in [1.29, 1.82) is 15.8 Å². The number of nitrogens with zero attached hydrogens (tertiary/aromatic N) is 3. The first-order valence-corrected chi connectivity index (χ1v) is 10.0. The van der Waals surface area contributed by atoms with E-state index in [-0.39, 0.29) is 11.3 Å². The first-order valence-electron chi connectivity index (χ1n) is 10.0. The highest BCUT2D eigenvalue weighted by molar-refractivity contribution is 5.65. The summed E-state index contributed by atoms with van der Waals surface area (Å²) < 4.78 is 0. The third-order valence-corrected chi connectivity index (χ3v) is 9.06. The standard InChI is InChI=1S/C23H21N3/c24-11-21(12-25)10-22-19-15(7-2-1-3-9-17(19)21)18-14-6-4-5-8-16(14)23(22,13-26)20(18)22/h4-6,8,15,17-20H,1-3,7,9-10H2. The van der Waals surface area contributed by atoms with Crippen LogP contribution < -0.4 is 0 Å². The second-order valence-corrected chi connectivity index (χ2v) is 9.36. The Bertz CT molecular complexity index is 945. The second kappa shape index (κ2) is 4.32. The minimum Gasteiger partial charge on any atom is -0.197 e. The zero-order chi connectivity index (χ0) is 17.7. The van der Waals surface area contributed by atoms with Gasteiger partial charge in [-0.3, -0.25) is 0 Å². The van der Waals surface area contributed by atoms with Crippen molar-refractivity contribution in [3.05, 3.63) is 35.4 Å². The number of hydrogen-bond donors (Lipinski definition) is 0. The highest BCUT2D eigenvalue weighted by Gasteiger charge is 2.94. The molecule has 5 aliphatic rings. The molecule has 4 saturated carbocycles. The molecule has 0 amide bonds. The molecule has 4 fully saturated rings. The molecule has 5 aliphatic carbocycles. The van der Waals surface area contributed by atoms with Crippen LogP contribution >= 0.6 is 0 Å². The van der Waals surface area contributed by atoms with Gasteiger partial charge in [-0.2, -0.15) is 15.8 Å². The summed E-state index contributed by atoms with van der Waals surface area (Å²) in [6.45, 7) is 0. The molecule has 1 aromatic carbocycles.